The molecule has 17 heavy (non-hydrogen) atoms. The van der Waals surface area contributed by atoms with E-state index < -0.39 is 0 Å². The second kappa shape index (κ2) is 5.71. The van der Waals surface area contributed by atoms with Gasteiger partial charge >= 0.3 is 0 Å². The molecule has 0 N–H and O–H groups in total. The van der Waals surface area contributed by atoms with Crippen molar-refractivity contribution in [1.29, 1.82) is 0 Å². The molecule has 1 heterocycles. The first-order chi connectivity index (χ1) is 8.15. The SMILES string of the molecule is Cc1cccc(CSc2nc(Cl)ncc2Cl)c1. The van der Waals surface area contributed by atoms with Gasteiger partial charge in [0.2, 0.25) is 5.28 Å². The predicted molar refractivity (Wildman–Crippen MR) is 72.8 cm³/mol. The second-order valence-corrected chi connectivity index (χ2v) is 5.28. The number of aromatic nitrogens is 2. The molecule has 0 saturated heterocycles. The first-order valence-corrected chi connectivity index (χ1v) is 6.75. The van der Waals surface area contributed by atoms with Crippen LogP contribution >= 0.6 is 35.0 Å². The van der Waals surface area contributed by atoms with Gasteiger partial charge in [-0.25, -0.2) is 9.97 Å². The van der Waals surface area contributed by atoms with Crippen molar-refractivity contribution < 1.29 is 0 Å². The van der Waals surface area contributed by atoms with E-state index in [9.17, 15) is 0 Å². The Morgan fingerprint density at radius 1 is 1.29 bits per heavy atom. The van der Waals surface area contributed by atoms with E-state index in [1.54, 1.807) is 11.8 Å². The van der Waals surface area contributed by atoms with Crippen LogP contribution in [0.2, 0.25) is 10.3 Å². The summed E-state index contributed by atoms with van der Waals surface area (Å²) in [7, 11) is 0. The Kier molecular flexibility index (Phi) is 4.26. The van der Waals surface area contributed by atoms with Gasteiger partial charge in [0.15, 0.2) is 0 Å². The van der Waals surface area contributed by atoms with Gasteiger partial charge in [0.1, 0.15) is 5.03 Å². The predicted octanol–water partition coefficient (Wildman–Crippen LogP) is 4.38. The Bertz CT molecular complexity index is 532. The van der Waals surface area contributed by atoms with Crippen LogP contribution in [0.1, 0.15) is 11.1 Å². The van der Waals surface area contributed by atoms with Gasteiger partial charge in [-0.05, 0) is 24.1 Å². The zero-order valence-corrected chi connectivity index (χ0v) is 11.5. The van der Waals surface area contributed by atoms with E-state index in [1.807, 2.05) is 6.07 Å². The standard InChI is InChI=1S/C12H10Cl2N2S/c1-8-3-2-4-9(5-8)7-17-11-10(13)6-15-12(14)16-11/h2-6H,7H2,1H3. The molecule has 2 aromatic rings. The quantitative estimate of drug-likeness (QED) is 0.475. The van der Waals surface area contributed by atoms with Crippen molar-refractivity contribution in [2.75, 3.05) is 0 Å². The highest BCUT2D eigenvalue weighted by atomic mass is 35.5. The average Bonchev–Trinajstić information content (AvgIpc) is 2.30. The maximum atomic E-state index is 5.99. The van der Waals surface area contributed by atoms with Gasteiger partial charge in [0, 0.05) is 5.75 Å². The number of nitrogens with zero attached hydrogens (tertiary/aromatic N) is 2. The lowest BCUT2D eigenvalue weighted by Gasteiger charge is -2.04. The summed E-state index contributed by atoms with van der Waals surface area (Å²) in [6.45, 7) is 2.07. The summed E-state index contributed by atoms with van der Waals surface area (Å²) in [5, 5.41) is 1.47. The van der Waals surface area contributed by atoms with Crippen molar-refractivity contribution in [3.63, 3.8) is 0 Å². The number of thioether (sulfide) groups is 1. The van der Waals surface area contributed by atoms with E-state index >= 15 is 0 Å². The molecule has 0 aliphatic carbocycles. The maximum absolute atomic E-state index is 5.99. The third-order valence-electron chi connectivity index (χ3n) is 2.14. The van der Waals surface area contributed by atoms with Crippen LogP contribution < -0.4 is 0 Å². The lowest BCUT2D eigenvalue weighted by atomic mass is 10.2. The summed E-state index contributed by atoms with van der Waals surface area (Å²) < 4.78 is 0. The lowest BCUT2D eigenvalue weighted by molar-refractivity contribution is 1.05. The molecule has 0 saturated carbocycles. The number of benzene rings is 1. The van der Waals surface area contributed by atoms with Crippen molar-refractivity contribution in [2.24, 2.45) is 0 Å². The number of aryl methyl sites for hydroxylation is 1. The van der Waals surface area contributed by atoms with Crippen molar-refractivity contribution in [3.8, 4) is 0 Å². The Balaban J connectivity index is 2.09. The Morgan fingerprint density at radius 3 is 2.88 bits per heavy atom. The van der Waals surface area contributed by atoms with Crippen LogP contribution in [0.25, 0.3) is 0 Å². The van der Waals surface area contributed by atoms with Crippen LogP contribution in [0.15, 0.2) is 35.5 Å². The first-order valence-electron chi connectivity index (χ1n) is 5.01. The van der Waals surface area contributed by atoms with Crippen LogP contribution in [0.4, 0.5) is 0 Å². The molecule has 0 radical (unpaired) electrons. The molecule has 1 aromatic heterocycles. The van der Waals surface area contributed by atoms with Gasteiger partial charge in [0.25, 0.3) is 0 Å². The van der Waals surface area contributed by atoms with Crippen LogP contribution in [0.3, 0.4) is 0 Å². The summed E-state index contributed by atoms with van der Waals surface area (Å²) in [5.41, 5.74) is 2.48. The molecule has 0 unspecified atom stereocenters. The zero-order chi connectivity index (χ0) is 12.3. The van der Waals surface area contributed by atoms with E-state index in [-0.39, 0.29) is 5.28 Å². The summed E-state index contributed by atoms with van der Waals surface area (Å²) in [4.78, 5) is 7.91. The normalized spacial score (nSPS) is 10.5. The Morgan fingerprint density at radius 2 is 2.12 bits per heavy atom. The summed E-state index contributed by atoms with van der Waals surface area (Å²) in [5.74, 6) is 0.814. The molecule has 0 amide bonds. The number of hydrogen-bond donors (Lipinski definition) is 0. The minimum absolute atomic E-state index is 0.223. The second-order valence-electron chi connectivity index (χ2n) is 3.57. The fraction of sp³-hybridized carbons (Fsp3) is 0.167. The van der Waals surface area contributed by atoms with E-state index in [2.05, 4.69) is 35.1 Å². The van der Waals surface area contributed by atoms with Crippen LogP contribution in [0, 0.1) is 6.92 Å². The molecular formula is C12H10Cl2N2S. The van der Waals surface area contributed by atoms with Gasteiger partial charge in [0.05, 0.1) is 11.2 Å². The van der Waals surface area contributed by atoms with Crippen LogP contribution in [-0.2, 0) is 5.75 Å². The fourth-order valence-electron chi connectivity index (χ4n) is 1.39. The van der Waals surface area contributed by atoms with E-state index in [1.165, 1.54) is 17.3 Å². The van der Waals surface area contributed by atoms with Crippen molar-refractivity contribution >= 4 is 35.0 Å². The highest BCUT2D eigenvalue weighted by molar-refractivity contribution is 7.98. The lowest BCUT2D eigenvalue weighted by Crippen LogP contribution is -1.88. The summed E-state index contributed by atoms with van der Waals surface area (Å²) in [6, 6.07) is 8.34. The average molecular weight is 285 g/mol. The van der Waals surface area contributed by atoms with E-state index in [0.29, 0.717) is 10.0 Å². The first kappa shape index (κ1) is 12.7. The maximum Gasteiger partial charge on any atom is 0.223 e. The van der Waals surface area contributed by atoms with Crippen molar-refractivity contribution in [1.82, 2.24) is 9.97 Å². The monoisotopic (exact) mass is 284 g/mol. The molecule has 1 aromatic carbocycles. The molecule has 0 bridgehead atoms. The van der Waals surface area contributed by atoms with Gasteiger partial charge in [-0.3, -0.25) is 0 Å². The number of hydrogen-bond acceptors (Lipinski definition) is 3. The highest BCUT2D eigenvalue weighted by Gasteiger charge is 2.05. The topological polar surface area (TPSA) is 25.8 Å². The minimum atomic E-state index is 0.223. The Hall–Kier alpha value is -0.770. The molecule has 0 aliphatic heterocycles. The molecule has 0 aliphatic rings. The van der Waals surface area contributed by atoms with Gasteiger partial charge in [-0.1, -0.05) is 53.2 Å². The van der Waals surface area contributed by atoms with Crippen molar-refractivity contribution in [2.45, 2.75) is 17.7 Å². The molecule has 88 valence electrons. The summed E-state index contributed by atoms with van der Waals surface area (Å²) >= 11 is 13.3. The third kappa shape index (κ3) is 3.60. The van der Waals surface area contributed by atoms with Crippen LogP contribution in [-0.4, -0.2) is 9.97 Å². The third-order valence-corrected chi connectivity index (χ3v) is 3.77. The van der Waals surface area contributed by atoms with E-state index in [0.717, 1.165) is 5.75 Å². The van der Waals surface area contributed by atoms with Crippen LogP contribution in [0.5, 0.6) is 0 Å². The molecule has 0 spiro atoms. The molecule has 0 fully saturated rings. The highest BCUT2D eigenvalue weighted by Crippen LogP contribution is 2.28. The fourth-order valence-corrected chi connectivity index (χ4v) is 2.65. The van der Waals surface area contributed by atoms with Gasteiger partial charge < -0.3 is 0 Å². The Labute approximate surface area is 114 Å². The molecule has 0 atom stereocenters. The molecular weight excluding hydrogens is 275 g/mol. The molecule has 2 nitrogen and oxygen atoms in total. The zero-order valence-electron chi connectivity index (χ0n) is 9.15. The number of rotatable bonds is 3. The van der Waals surface area contributed by atoms with Gasteiger partial charge in [-0.15, -0.1) is 0 Å². The van der Waals surface area contributed by atoms with Gasteiger partial charge in [-0.2, -0.15) is 0 Å². The molecule has 2 rings (SSSR count). The largest absolute Gasteiger partial charge is 0.225 e. The molecule has 5 heteroatoms. The summed E-state index contributed by atoms with van der Waals surface area (Å²) in [6.07, 6.45) is 1.52. The van der Waals surface area contributed by atoms with E-state index in [4.69, 9.17) is 23.2 Å². The number of halogens is 2. The smallest absolute Gasteiger partial charge is 0.223 e. The van der Waals surface area contributed by atoms with Crippen molar-refractivity contribution in [3.05, 3.63) is 51.9 Å². The minimum Gasteiger partial charge on any atom is -0.225 e.